The van der Waals surface area contributed by atoms with Crippen molar-refractivity contribution < 1.29 is 0 Å². The van der Waals surface area contributed by atoms with E-state index in [2.05, 4.69) is 34.2 Å². The van der Waals surface area contributed by atoms with Gasteiger partial charge in [0.05, 0.1) is 12.6 Å². The van der Waals surface area contributed by atoms with Crippen LogP contribution in [0.25, 0.3) is 11.2 Å². The van der Waals surface area contributed by atoms with Crippen LogP contribution in [0, 0.1) is 0 Å². The quantitative estimate of drug-likeness (QED) is 0.679. The molecule has 0 saturated heterocycles. The molecular formula is C15H21N7O2. The molecule has 0 aliphatic rings. The molecule has 0 spiro atoms. The van der Waals surface area contributed by atoms with E-state index in [1.54, 1.807) is 24.9 Å². The Morgan fingerprint density at radius 1 is 1.25 bits per heavy atom. The van der Waals surface area contributed by atoms with Gasteiger partial charge in [-0.1, -0.05) is 0 Å². The number of fused-ring (bicyclic) bond motifs is 1. The van der Waals surface area contributed by atoms with Crippen molar-refractivity contribution in [3.05, 3.63) is 45.1 Å². The third kappa shape index (κ3) is 2.67. The van der Waals surface area contributed by atoms with E-state index in [0.29, 0.717) is 23.5 Å². The number of nitrogens with one attached hydrogen (secondary N) is 2. The summed E-state index contributed by atoms with van der Waals surface area (Å²) < 4.78 is 4.95. The van der Waals surface area contributed by atoms with Crippen LogP contribution >= 0.6 is 0 Å². The average molecular weight is 331 g/mol. The van der Waals surface area contributed by atoms with Crippen molar-refractivity contribution >= 4 is 11.2 Å². The Hall–Kier alpha value is -2.68. The molecule has 0 fully saturated rings. The van der Waals surface area contributed by atoms with Crippen LogP contribution in [0.3, 0.4) is 0 Å². The molecule has 0 aromatic carbocycles. The van der Waals surface area contributed by atoms with Gasteiger partial charge in [0.25, 0.3) is 5.56 Å². The number of nitrogens with zero attached hydrogens (tertiary/aromatic N) is 5. The van der Waals surface area contributed by atoms with Gasteiger partial charge in [0.1, 0.15) is 5.82 Å². The molecule has 0 amide bonds. The topological polar surface area (TPSA) is 103 Å². The van der Waals surface area contributed by atoms with Gasteiger partial charge in [0.15, 0.2) is 11.2 Å². The van der Waals surface area contributed by atoms with E-state index in [1.165, 1.54) is 4.57 Å². The fourth-order valence-corrected chi connectivity index (χ4v) is 2.68. The van der Waals surface area contributed by atoms with Crippen LogP contribution in [0.4, 0.5) is 0 Å². The molecule has 0 aliphatic heterocycles. The molecule has 3 heterocycles. The SMILES string of the molecule is CC(NCc1nc2c(c(=O)[nH]c(=O)n2C)n1C)C(C)n1cccn1. The minimum Gasteiger partial charge on any atom is -0.324 e. The summed E-state index contributed by atoms with van der Waals surface area (Å²) in [5, 5.41) is 7.65. The summed E-state index contributed by atoms with van der Waals surface area (Å²) in [6.07, 6.45) is 3.68. The first-order chi connectivity index (χ1) is 11.4. The minimum absolute atomic E-state index is 0.145. The Morgan fingerprint density at radius 2 is 2.00 bits per heavy atom. The number of H-pyrrole nitrogens is 1. The highest BCUT2D eigenvalue weighted by molar-refractivity contribution is 5.70. The zero-order valence-electron chi connectivity index (χ0n) is 14.1. The van der Waals surface area contributed by atoms with E-state index >= 15 is 0 Å². The van der Waals surface area contributed by atoms with Gasteiger partial charge in [-0.3, -0.25) is 19.0 Å². The molecule has 9 heteroatoms. The summed E-state index contributed by atoms with van der Waals surface area (Å²) in [5.74, 6) is 0.691. The molecular weight excluding hydrogens is 310 g/mol. The second-order valence-corrected chi connectivity index (χ2v) is 5.97. The first kappa shape index (κ1) is 16.2. The summed E-state index contributed by atoms with van der Waals surface area (Å²) in [5.41, 5.74) is -0.115. The molecule has 2 unspecified atom stereocenters. The predicted molar refractivity (Wildman–Crippen MR) is 89.8 cm³/mol. The lowest BCUT2D eigenvalue weighted by Gasteiger charge is -2.21. The predicted octanol–water partition coefficient (Wildman–Crippen LogP) is -0.104. The lowest BCUT2D eigenvalue weighted by atomic mass is 10.2. The maximum Gasteiger partial charge on any atom is 0.329 e. The molecule has 0 radical (unpaired) electrons. The summed E-state index contributed by atoms with van der Waals surface area (Å²) in [6.45, 7) is 4.62. The molecule has 0 saturated carbocycles. The Balaban J connectivity index is 1.85. The Morgan fingerprint density at radius 3 is 2.67 bits per heavy atom. The van der Waals surface area contributed by atoms with Crippen molar-refractivity contribution in [3.8, 4) is 0 Å². The summed E-state index contributed by atoms with van der Waals surface area (Å²) in [6, 6.07) is 2.20. The molecule has 128 valence electrons. The molecule has 0 aliphatic carbocycles. The molecule has 9 nitrogen and oxygen atoms in total. The van der Waals surface area contributed by atoms with Crippen molar-refractivity contribution in [3.63, 3.8) is 0 Å². The highest BCUT2D eigenvalue weighted by Crippen LogP contribution is 2.12. The molecule has 3 rings (SSSR count). The van der Waals surface area contributed by atoms with Crippen molar-refractivity contribution in [2.24, 2.45) is 14.1 Å². The largest absolute Gasteiger partial charge is 0.329 e. The lowest BCUT2D eigenvalue weighted by Crippen LogP contribution is -2.34. The Kier molecular flexibility index (Phi) is 4.10. The van der Waals surface area contributed by atoms with Gasteiger partial charge in [-0.2, -0.15) is 5.10 Å². The van der Waals surface area contributed by atoms with Crippen molar-refractivity contribution in [2.45, 2.75) is 32.5 Å². The van der Waals surface area contributed by atoms with E-state index < -0.39 is 11.2 Å². The summed E-state index contributed by atoms with van der Waals surface area (Å²) >= 11 is 0. The van der Waals surface area contributed by atoms with Crippen LogP contribution in [0.2, 0.25) is 0 Å². The van der Waals surface area contributed by atoms with E-state index in [0.717, 1.165) is 0 Å². The van der Waals surface area contributed by atoms with Gasteiger partial charge in [-0.15, -0.1) is 0 Å². The molecule has 3 aromatic rings. The van der Waals surface area contributed by atoms with Gasteiger partial charge in [-0.05, 0) is 19.9 Å². The monoisotopic (exact) mass is 331 g/mol. The van der Waals surface area contributed by atoms with Gasteiger partial charge >= 0.3 is 5.69 Å². The second kappa shape index (κ2) is 6.08. The van der Waals surface area contributed by atoms with Crippen LogP contribution in [0.15, 0.2) is 28.0 Å². The molecule has 3 aromatic heterocycles. The highest BCUT2D eigenvalue weighted by atomic mass is 16.2. The summed E-state index contributed by atoms with van der Waals surface area (Å²) in [4.78, 5) is 30.5. The van der Waals surface area contributed by atoms with Gasteiger partial charge in [0.2, 0.25) is 0 Å². The third-order valence-corrected chi connectivity index (χ3v) is 4.48. The molecule has 2 atom stereocenters. The lowest BCUT2D eigenvalue weighted by molar-refractivity contribution is 0.361. The van der Waals surface area contributed by atoms with Crippen LogP contribution in [0.5, 0.6) is 0 Å². The fraction of sp³-hybridized carbons (Fsp3) is 0.467. The zero-order valence-corrected chi connectivity index (χ0v) is 14.1. The van der Waals surface area contributed by atoms with Crippen molar-refractivity contribution in [2.75, 3.05) is 0 Å². The average Bonchev–Trinajstić information content (AvgIpc) is 3.18. The Bertz CT molecular complexity index is 964. The Labute approximate surface area is 137 Å². The van der Waals surface area contributed by atoms with E-state index in [4.69, 9.17) is 0 Å². The second-order valence-electron chi connectivity index (χ2n) is 5.97. The van der Waals surface area contributed by atoms with Crippen molar-refractivity contribution in [1.29, 1.82) is 0 Å². The minimum atomic E-state index is -0.467. The number of rotatable bonds is 5. The first-order valence-corrected chi connectivity index (χ1v) is 7.77. The summed E-state index contributed by atoms with van der Waals surface area (Å²) in [7, 11) is 3.36. The third-order valence-electron chi connectivity index (χ3n) is 4.48. The maximum atomic E-state index is 12.0. The van der Waals surface area contributed by atoms with Gasteiger partial charge in [0, 0.05) is 32.5 Å². The maximum absolute atomic E-state index is 12.0. The highest BCUT2D eigenvalue weighted by Gasteiger charge is 2.17. The number of hydrogen-bond donors (Lipinski definition) is 2. The van der Waals surface area contributed by atoms with Crippen LogP contribution < -0.4 is 16.6 Å². The van der Waals surface area contributed by atoms with E-state index in [-0.39, 0.29) is 12.1 Å². The fourth-order valence-electron chi connectivity index (χ4n) is 2.68. The first-order valence-electron chi connectivity index (χ1n) is 7.77. The zero-order chi connectivity index (χ0) is 17.4. The molecule has 24 heavy (non-hydrogen) atoms. The van der Waals surface area contributed by atoms with Gasteiger partial charge < -0.3 is 9.88 Å². The number of aromatic nitrogens is 6. The number of hydrogen-bond acceptors (Lipinski definition) is 5. The smallest absolute Gasteiger partial charge is 0.324 e. The number of imidazole rings is 1. The van der Waals surface area contributed by atoms with Crippen LogP contribution in [-0.2, 0) is 20.6 Å². The van der Waals surface area contributed by atoms with Gasteiger partial charge in [-0.25, -0.2) is 9.78 Å². The van der Waals surface area contributed by atoms with Crippen LogP contribution in [0.1, 0.15) is 25.7 Å². The van der Waals surface area contributed by atoms with Crippen molar-refractivity contribution in [1.82, 2.24) is 34.2 Å². The normalized spacial score (nSPS) is 14.2. The number of aryl methyl sites for hydroxylation is 2. The number of aromatic amines is 1. The molecule has 0 bridgehead atoms. The standard InChI is InChI=1S/C15H21N7O2/c1-9(10(2)22-7-5-6-17-22)16-8-11-18-13-12(20(11)3)14(23)19-15(24)21(13)4/h5-7,9-10,16H,8H2,1-4H3,(H,19,23,24). The van der Waals surface area contributed by atoms with Crippen LogP contribution in [-0.4, -0.2) is 34.9 Å². The van der Waals surface area contributed by atoms with E-state index in [1.807, 2.05) is 16.9 Å². The van der Waals surface area contributed by atoms with E-state index in [9.17, 15) is 9.59 Å². The molecule has 2 N–H and O–H groups in total.